The number of imidazole rings is 1. The molecular formula is C14H19N3O. The van der Waals surface area contributed by atoms with Crippen LogP contribution in [-0.4, -0.2) is 23.2 Å². The number of hydrogen-bond acceptors (Lipinski definition) is 3. The van der Waals surface area contributed by atoms with Crippen molar-refractivity contribution in [2.45, 2.75) is 19.4 Å². The maximum absolute atomic E-state index is 5.54. The molecule has 0 aliphatic heterocycles. The highest BCUT2D eigenvalue weighted by molar-refractivity contribution is 5.35. The van der Waals surface area contributed by atoms with Gasteiger partial charge in [-0.05, 0) is 19.0 Å². The Morgan fingerprint density at radius 2 is 2.17 bits per heavy atom. The SMILES string of the molecule is COc1ccccc1Cc1nccn1CCCN. The first-order valence-electron chi connectivity index (χ1n) is 6.17. The first kappa shape index (κ1) is 12.6. The highest BCUT2D eigenvalue weighted by Crippen LogP contribution is 2.20. The molecule has 2 N–H and O–H groups in total. The van der Waals surface area contributed by atoms with E-state index in [-0.39, 0.29) is 0 Å². The number of para-hydroxylation sites is 1. The summed E-state index contributed by atoms with van der Waals surface area (Å²) in [5.41, 5.74) is 6.69. The molecule has 0 bridgehead atoms. The Morgan fingerprint density at radius 1 is 1.33 bits per heavy atom. The fraction of sp³-hybridized carbons (Fsp3) is 0.357. The van der Waals surface area contributed by atoms with Crippen molar-refractivity contribution in [3.8, 4) is 5.75 Å². The molecule has 1 aromatic carbocycles. The van der Waals surface area contributed by atoms with E-state index in [1.807, 2.05) is 30.6 Å². The van der Waals surface area contributed by atoms with E-state index >= 15 is 0 Å². The number of benzene rings is 1. The van der Waals surface area contributed by atoms with E-state index in [0.29, 0.717) is 6.54 Å². The first-order valence-corrected chi connectivity index (χ1v) is 6.17. The third-order valence-electron chi connectivity index (χ3n) is 2.95. The molecule has 18 heavy (non-hydrogen) atoms. The van der Waals surface area contributed by atoms with Crippen LogP contribution in [0, 0.1) is 0 Å². The summed E-state index contributed by atoms with van der Waals surface area (Å²) < 4.78 is 7.51. The second-order valence-corrected chi connectivity index (χ2v) is 4.17. The van der Waals surface area contributed by atoms with Gasteiger partial charge in [0.2, 0.25) is 0 Å². The van der Waals surface area contributed by atoms with Crippen LogP contribution in [0.4, 0.5) is 0 Å². The second kappa shape index (κ2) is 6.21. The van der Waals surface area contributed by atoms with Gasteiger partial charge in [0.1, 0.15) is 11.6 Å². The number of methoxy groups -OCH3 is 1. The molecule has 0 saturated carbocycles. The van der Waals surface area contributed by atoms with Gasteiger partial charge in [0.15, 0.2) is 0 Å². The Kier molecular flexibility index (Phi) is 4.36. The number of ether oxygens (including phenoxy) is 1. The van der Waals surface area contributed by atoms with Crippen molar-refractivity contribution in [1.29, 1.82) is 0 Å². The lowest BCUT2D eigenvalue weighted by atomic mass is 10.1. The first-order chi connectivity index (χ1) is 8.85. The van der Waals surface area contributed by atoms with Gasteiger partial charge in [0.05, 0.1) is 7.11 Å². The summed E-state index contributed by atoms with van der Waals surface area (Å²) in [4.78, 5) is 4.41. The van der Waals surface area contributed by atoms with E-state index in [2.05, 4.69) is 15.6 Å². The zero-order valence-electron chi connectivity index (χ0n) is 10.7. The summed E-state index contributed by atoms with van der Waals surface area (Å²) in [6.45, 7) is 1.62. The van der Waals surface area contributed by atoms with Gasteiger partial charge >= 0.3 is 0 Å². The van der Waals surface area contributed by atoms with E-state index in [0.717, 1.165) is 36.5 Å². The minimum atomic E-state index is 0.701. The Labute approximate surface area is 107 Å². The summed E-state index contributed by atoms with van der Waals surface area (Å²) in [6, 6.07) is 8.04. The molecule has 4 nitrogen and oxygen atoms in total. The second-order valence-electron chi connectivity index (χ2n) is 4.17. The normalized spacial score (nSPS) is 10.6. The molecule has 96 valence electrons. The van der Waals surface area contributed by atoms with Crippen molar-refractivity contribution >= 4 is 0 Å². The lowest BCUT2D eigenvalue weighted by Gasteiger charge is -2.10. The molecule has 1 heterocycles. The molecule has 0 unspecified atom stereocenters. The third kappa shape index (κ3) is 2.90. The summed E-state index contributed by atoms with van der Waals surface area (Å²) in [5.74, 6) is 1.96. The van der Waals surface area contributed by atoms with Crippen molar-refractivity contribution in [2.24, 2.45) is 5.73 Å². The van der Waals surface area contributed by atoms with Crippen LogP contribution in [0.2, 0.25) is 0 Å². The van der Waals surface area contributed by atoms with Crippen molar-refractivity contribution in [1.82, 2.24) is 9.55 Å². The maximum Gasteiger partial charge on any atom is 0.122 e. The van der Waals surface area contributed by atoms with Crippen LogP contribution in [0.3, 0.4) is 0 Å². The van der Waals surface area contributed by atoms with E-state index in [1.165, 1.54) is 0 Å². The van der Waals surface area contributed by atoms with Gasteiger partial charge < -0.3 is 15.0 Å². The van der Waals surface area contributed by atoms with Gasteiger partial charge in [-0.3, -0.25) is 0 Å². The number of aryl methyl sites for hydroxylation is 1. The molecule has 0 spiro atoms. The van der Waals surface area contributed by atoms with Gasteiger partial charge in [-0.2, -0.15) is 0 Å². The Balaban J connectivity index is 2.15. The van der Waals surface area contributed by atoms with Crippen LogP contribution in [0.5, 0.6) is 5.75 Å². The molecule has 4 heteroatoms. The Hall–Kier alpha value is -1.81. The molecular weight excluding hydrogens is 226 g/mol. The van der Waals surface area contributed by atoms with E-state index in [9.17, 15) is 0 Å². The fourth-order valence-corrected chi connectivity index (χ4v) is 1.99. The highest BCUT2D eigenvalue weighted by Gasteiger charge is 2.07. The molecule has 0 atom stereocenters. The summed E-state index contributed by atoms with van der Waals surface area (Å²) in [7, 11) is 1.69. The molecule has 0 aliphatic rings. The van der Waals surface area contributed by atoms with Crippen LogP contribution < -0.4 is 10.5 Å². The molecule has 0 saturated heterocycles. The van der Waals surface area contributed by atoms with Gasteiger partial charge in [0, 0.05) is 30.9 Å². The van der Waals surface area contributed by atoms with Crippen molar-refractivity contribution in [3.63, 3.8) is 0 Å². The number of nitrogens with two attached hydrogens (primary N) is 1. The fourth-order valence-electron chi connectivity index (χ4n) is 1.99. The monoisotopic (exact) mass is 245 g/mol. The van der Waals surface area contributed by atoms with Crippen molar-refractivity contribution in [2.75, 3.05) is 13.7 Å². The van der Waals surface area contributed by atoms with Crippen LogP contribution >= 0.6 is 0 Å². The van der Waals surface area contributed by atoms with Gasteiger partial charge in [-0.25, -0.2) is 4.98 Å². The lowest BCUT2D eigenvalue weighted by molar-refractivity contribution is 0.410. The van der Waals surface area contributed by atoms with Crippen molar-refractivity contribution in [3.05, 3.63) is 48.0 Å². The molecule has 2 aromatic rings. The van der Waals surface area contributed by atoms with E-state index in [1.54, 1.807) is 7.11 Å². The minimum Gasteiger partial charge on any atom is -0.496 e. The lowest BCUT2D eigenvalue weighted by Crippen LogP contribution is -2.09. The quantitative estimate of drug-likeness (QED) is 0.844. The number of hydrogen-bond donors (Lipinski definition) is 1. The average Bonchev–Trinajstić information content (AvgIpc) is 2.84. The third-order valence-corrected chi connectivity index (χ3v) is 2.95. The Bertz CT molecular complexity index is 493. The van der Waals surface area contributed by atoms with Crippen LogP contribution in [0.1, 0.15) is 17.8 Å². The van der Waals surface area contributed by atoms with E-state index < -0.39 is 0 Å². The van der Waals surface area contributed by atoms with Gasteiger partial charge in [-0.15, -0.1) is 0 Å². The van der Waals surface area contributed by atoms with Crippen LogP contribution in [0.25, 0.3) is 0 Å². The molecule has 0 radical (unpaired) electrons. The highest BCUT2D eigenvalue weighted by atomic mass is 16.5. The average molecular weight is 245 g/mol. The molecule has 0 amide bonds. The topological polar surface area (TPSA) is 53.1 Å². The summed E-state index contributed by atoms with van der Waals surface area (Å²) >= 11 is 0. The molecule has 1 aromatic heterocycles. The van der Waals surface area contributed by atoms with Crippen LogP contribution in [0.15, 0.2) is 36.7 Å². The van der Waals surface area contributed by atoms with Gasteiger partial charge in [0.25, 0.3) is 0 Å². The molecule has 2 rings (SSSR count). The predicted molar refractivity (Wildman–Crippen MR) is 71.7 cm³/mol. The largest absolute Gasteiger partial charge is 0.496 e. The minimum absolute atomic E-state index is 0.701. The zero-order valence-corrected chi connectivity index (χ0v) is 10.7. The van der Waals surface area contributed by atoms with E-state index in [4.69, 9.17) is 10.5 Å². The predicted octanol–water partition coefficient (Wildman–Crippen LogP) is 1.83. The number of rotatable bonds is 6. The summed E-state index contributed by atoms with van der Waals surface area (Å²) in [5, 5.41) is 0. The molecule has 0 fully saturated rings. The smallest absolute Gasteiger partial charge is 0.122 e. The van der Waals surface area contributed by atoms with Crippen molar-refractivity contribution < 1.29 is 4.74 Å². The maximum atomic E-state index is 5.54. The number of nitrogens with zero attached hydrogens (tertiary/aromatic N) is 2. The molecule has 0 aliphatic carbocycles. The van der Waals surface area contributed by atoms with Gasteiger partial charge in [-0.1, -0.05) is 18.2 Å². The summed E-state index contributed by atoms with van der Waals surface area (Å²) in [6.07, 6.45) is 5.58. The van der Waals surface area contributed by atoms with Crippen LogP contribution in [-0.2, 0) is 13.0 Å². The number of aromatic nitrogens is 2. The Morgan fingerprint density at radius 3 is 2.94 bits per heavy atom. The zero-order chi connectivity index (χ0) is 12.8. The standard InChI is InChI=1S/C14H19N3O/c1-18-13-6-3-2-5-12(13)11-14-16-8-10-17(14)9-4-7-15/h2-3,5-6,8,10H,4,7,9,11,15H2,1H3.